The molecule has 1 aromatic rings. The van der Waals surface area contributed by atoms with Gasteiger partial charge in [0.1, 0.15) is 6.61 Å². The van der Waals surface area contributed by atoms with Crippen molar-refractivity contribution in [3.8, 4) is 0 Å². The van der Waals surface area contributed by atoms with E-state index in [0.29, 0.717) is 6.61 Å². The van der Waals surface area contributed by atoms with E-state index >= 15 is 0 Å². The van der Waals surface area contributed by atoms with Gasteiger partial charge in [0.25, 0.3) is 0 Å². The molecule has 18 heavy (non-hydrogen) atoms. The molecule has 3 heteroatoms. The van der Waals surface area contributed by atoms with Crippen molar-refractivity contribution in [2.24, 2.45) is 0 Å². The molecule has 0 heterocycles. The van der Waals surface area contributed by atoms with Crippen LogP contribution in [0.5, 0.6) is 0 Å². The monoisotopic (exact) mass is 249 g/mol. The average molecular weight is 249 g/mol. The van der Waals surface area contributed by atoms with Crippen molar-refractivity contribution in [1.29, 1.82) is 0 Å². The lowest BCUT2D eigenvalue weighted by Gasteiger charge is -2.26. The lowest BCUT2D eigenvalue weighted by atomic mass is 9.86. The van der Waals surface area contributed by atoms with Crippen LogP contribution < -0.4 is 5.32 Å². The maximum atomic E-state index is 11.6. The van der Waals surface area contributed by atoms with E-state index in [0.717, 1.165) is 5.56 Å². The zero-order chi connectivity index (χ0) is 13.8. The van der Waals surface area contributed by atoms with E-state index in [1.165, 1.54) is 0 Å². The van der Waals surface area contributed by atoms with Gasteiger partial charge in [-0.05, 0) is 26.3 Å². The Bertz CT molecular complexity index is 391. The number of amides is 1. The Balaban J connectivity index is 2.55. The lowest BCUT2D eigenvalue weighted by Crippen LogP contribution is -2.42. The molecule has 0 aliphatic heterocycles. The summed E-state index contributed by atoms with van der Waals surface area (Å²) in [7, 11) is 0. The summed E-state index contributed by atoms with van der Waals surface area (Å²) in [6, 6.07) is 10.1. The number of carbonyl (C=O) groups is 1. The van der Waals surface area contributed by atoms with Gasteiger partial charge in [-0.1, -0.05) is 44.2 Å². The fourth-order valence-corrected chi connectivity index (χ4v) is 1.56. The second kappa shape index (κ2) is 5.42. The second-order valence-corrected chi connectivity index (χ2v) is 6.20. The van der Waals surface area contributed by atoms with Crippen LogP contribution in [0, 0.1) is 0 Å². The minimum absolute atomic E-state index is 0.184. The molecule has 0 aliphatic rings. The Morgan fingerprint density at radius 1 is 1.11 bits per heavy atom. The molecule has 0 saturated heterocycles. The third-order valence-corrected chi connectivity index (χ3v) is 2.60. The first-order valence-corrected chi connectivity index (χ1v) is 6.21. The third-order valence-electron chi connectivity index (χ3n) is 2.60. The van der Waals surface area contributed by atoms with Crippen LogP contribution in [0.25, 0.3) is 0 Å². The average Bonchev–Trinajstić information content (AvgIpc) is 2.26. The maximum Gasteiger partial charge on any atom is 0.407 e. The van der Waals surface area contributed by atoms with Gasteiger partial charge in [0.05, 0.1) is 0 Å². The number of nitrogens with one attached hydrogen (secondary N) is 1. The van der Waals surface area contributed by atoms with Crippen LogP contribution in [0.15, 0.2) is 30.3 Å². The SMILES string of the molecule is CC(C)(C)NC(=O)OCC(C)(C)c1ccccc1. The summed E-state index contributed by atoms with van der Waals surface area (Å²) in [5.41, 5.74) is 0.707. The van der Waals surface area contributed by atoms with Crippen molar-refractivity contribution in [1.82, 2.24) is 5.32 Å². The van der Waals surface area contributed by atoms with Crippen molar-refractivity contribution in [2.45, 2.75) is 45.6 Å². The summed E-state index contributed by atoms with van der Waals surface area (Å²) in [6.45, 7) is 10.3. The van der Waals surface area contributed by atoms with Crippen LogP contribution in [0.3, 0.4) is 0 Å². The van der Waals surface area contributed by atoms with Gasteiger partial charge < -0.3 is 10.1 Å². The van der Waals surface area contributed by atoms with E-state index in [-0.39, 0.29) is 17.0 Å². The molecule has 1 aromatic carbocycles. The Labute approximate surface area is 110 Å². The summed E-state index contributed by atoms with van der Waals surface area (Å²) in [5, 5.41) is 2.78. The van der Waals surface area contributed by atoms with Crippen LogP contribution in [0.2, 0.25) is 0 Å². The first kappa shape index (κ1) is 14.6. The normalized spacial score (nSPS) is 12.1. The Kier molecular flexibility index (Phi) is 4.38. The molecule has 0 bridgehead atoms. The van der Waals surface area contributed by atoms with Gasteiger partial charge in [0, 0.05) is 11.0 Å². The maximum absolute atomic E-state index is 11.6. The van der Waals surface area contributed by atoms with E-state index in [2.05, 4.69) is 19.2 Å². The number of hydrogen-bond acceptors (Lipinski definition) is 2. The van der Waals surface area contributed by atoms with Gasteiger partial charge in [-0.15, -0.1) is 0 Å². The summed E-state index contributed by atoms with van der Waals surface area (Å²) >= 11 is 0. The Morgan fingerprint density at radius 2 is 1.67 bits per heavy atom. The predicted molar refractivity (Wildman–Crippen MR) is 73.7 cm³/mol. The molecule has 0 spiro atoms. The zero-order valence-electron chi connectivity index (χ0n) is 11.9. The first-order valence-electron chi connectivity index (χ1n) is 6.21. The molecule has 0 atom stereocenters. The predicted octanol–water partition coefficient (Wildman–Crippen LogP) is 3.49. The van der Waals surface area contributed by atoms with Crippen molar-refractivity contribution < 1.29 is 9.53 Å². The number of alkyl carbamates (subject to hydrolysis) is 1. The van der Waals surface area contributed by atoms with Crippen LogP contribution in [-0.2, 0) is 10.2 Å². The Hall–Kier alpha value is -1.51. The summed E-state index contributed by atoms with van der Waals surface area (Å²) in [5.74, 6) is 0. The number of benzene rings is 1. The molecular weight excluding hydrogens is 226 g/mol. The summed E-state index contributed by atoms with van der Waals surface area (Å²) in [6.07, 6.45) is -0.369. The highest BCUT2D eigenvalue weighted by Gasteiger charge is 2.23. The van der Waals surface area contributed by atoms with Crippen LogP contribution in [0.1, 0.15) is 40.2 Å². The number of carbonyl (C=O) groups excluding carboxylic acids is 1. The summed E-state index contributed by atoms with van der Waals surface area (Å²) in [4.78, 5) is 11.6. The highest BCUT2D eigenvalue weighted by atomic mass is 16.5. The fraction of sp³-hybridized carbons (Fsp3) is 0.533. The minimum Gasteiger partial charge on any atom is -0.449 e. The van der Waals surface area contributed by atoms with Gasteiger partial charge in [0.15, 0.2) is 0 Å². The minimum atomic E-state index is -0.369. The molecule has 0 aromatic heterocycles. The third kappa shape index (κ3) is 4.78. The van der Waals surface area contributed by atoms with E-state index in [1.54, 1.807) is 0 Å². The molecule has 3 nitrogen and oxygen atoms in total. The highest BCUT2D eigenvalue weighted by molar-refractivity contribution is 5.68. The van der Waals surface area contributed by atoms with Gasteiger partial charge in [0.2, 0.25) is 0 Å². The standard InChI is InChI=1S/C15H23NO2/c1-14(2,3)16-13(17)18-11-15(4,5)12-9-7-6-8-10-12/h6-10H,11H2,1-5H3,(H,16,17). The van der Waals surface area contributed by atoms with Crippen LogP contribution >= 0.6 is 0 Å². The second-order valence-electron chi connectivity index (χ2n) is 6.20. The van der Waals surface area contributed by atoms with Crippen molar-refractivity contribution in [3.63, 3.8) is 0 Å². The lowest BCUT2D eigenvalue weighted by molar-refractivity contribution is 0.116. The zero-order valence-corrected chi connectivity index (χ0v) is 11.9. The smallest absolute Gasteiger partial charge is 0.407 e. The van der Waals surface area contributed by atoms with Gasteiger partial charge in [-0.2, -0.15) is 0 Å². The van der Waals surface area contributed by atoms with Crippen molar-refractivity contribution >= 4 is 6.09 Å². The topological polar surface area (TPSA) is 38.3 Å². The van der Waals surface area contributed by atoms with Crippen LogP contribution in [0.4, 0.5) is 4.79 Å². The number of hydrogen-bond donors (Lipinski definition) is 1. The first-order chi connectivity index (χ1) is 8.21. The van der Waals surface area contributed by atoms with Gasteiger partial charge in [-0.25, -0.2) is 4.79 Å². The molecule has 1 rings (SSSR count). The molecule has 0 saturated carbocycles. The quantitative estimate of drug-likeness (QED) is 0.890. The number of rotatable bonds is 3. The van der Waals surface area contributed by atoms with E-state index < -0.39 is 0 Å². The molecule has 0 fully saturated rings. The molecule has 0 radical (unpaired) electrons. The number of ether oxygens (including phenoxy) is 1. The van der Waals surface area contributed by atoms with E-state index in [9.17, 15) is 4.79 Å². The van der Waals surface area contributed by atoms with Gasteiger partial charge in [-0.3, -0.25) is 0 Å². The molecule has 1 N–H and O–H groups in total. The molecule has 0 unspecified atom stereocenters. The fourth-order valence-electron chi connectivity index (χ4n) is 1.56. The summed E-state index contributed by atoms with van der Waals surface area (Å²) < 4.78 is 5.29. The highest BCUT2D eigenvalue weighted by Crippen LogP contribution is 2.23. The molecule has 100 valence electrons. The van der Waals surface area contributed by atoms with E-state index in [4.69, 9.17) is 4.74 Å². The molecule has 1 amide bonds. The van der Waals surface area contributed by atoms with Crippen molar-refractivity contribution in [3.05, 3.63) is 35.9 Å². The van der Waals surface area contributed by atoms with Gasteiger partial charge >= 0.3 is 6.09 Å². The van der Waals surface area contributed by atoms with Crippen LogP contribution in [-0.4, -0.2) is 18.2 Å². The largest absolute Gasteiger partial charge is 0.449 e. The van der Waals surface area contributed by atoms with E-state index in [1.807, 2.05) is 51.1 Å². The Morgan fingerprint density at radius 3 is 2.17 bits per heavy atom. The van der Waals surface area contributed by atoms with Crippen molar-refractivity contribution in [2.75, 3.05) is 6.61 Å². The molecular formula is C15H23NO2. The molecule has 0 aliphatic carbocycles.